The Labute approximate surface area is 69.6 Å². The van der Waals surface area contributed by atoms with Gasteiger partial charge in [0, 0.05) is 0 Å². The van der Waals surface area contributed by atoms with Gasteiger partial charge in [-0.25, -0.2) is 0 Å². The second-order valence-corrected chi connectivity index (χ2v) is 3.68. The predicted molar refractivity (Wildman–Crippen MR) is 39.2 cm³/mol. The molecular formula is C7H10F3S-. The van der Waals surface area contributed by atoms with E-state index in [1.54, 1.807) is 0 Å². The quantitative estimate of drug-likeness (QED) is 0.520. The van der Waals surface area contributed by atoms with E-state index in [-0.39, 0.29) is 18.1 Å². The Morgan fingerprint density at radius 3 is 1.82 bits per heavy atom. The summed E-state index contributed by atoms with van der Waals surface area (Å²) in [6.07, 6.45) is -2.41. The van der Waals surface area contributed by atoms with Crippen molar-refractivity contribution in [3.05, 3.63) is 0 Å². The Morgan fingerprint density at radius 1 is 1.00 bits per heavy atom. The number of hydrogen-bond donors (Lipinski definition) is 0. The van der Waals surface area contributed by atoms with Crippen molar-refractivity contribution in [3.63, 3.8) is 0 Å². The van der Waals surface area contributed by atoms with Crippen LogP contribution < -0.4 is 0 Å². The van der Waals surface area contributed by atoms with E-state index in [0.717, 1.165) is 0 Å². The fraction of sp³-hybridized carbons (Fsp3) is 1.00. The minimum Gasteiger partial charge on any atom is -0.789 e. The smallest absolute Gasteiger partial charge is 0.391 e. The van der Waals surface area contributed by atoms with Gasteiger partial charge in [-0.15, -0.1) is 0 Å². The van der Waals surface area contributed by atoms with Gasteiger partial charge < -0.3 is 12.6 Å². The van der Waals surface area contributed by atoms with E-state index < -0.39 is 12.1 Å². The molecule has 1 saturated carbocycles. The second kappa shape index (κ2) is 3.25. The molecule has 0 bridgehead atoms. The lowest BCUT2D eigenvalue weighted by Crippen LogP contribution is -2.28. The van der Waals surface area contributed by atoms with E-state index in [9.17, 15) is 13.2 Å². The Hall–Kier alpha value is 0.140. The maximum absolute atomic E-state index is 12.0. The van der Waals surface area contributed by atoms with Gasteiger partial charge in [-0.2, -0.15) is 18.4 Å². The van der Waals surface area contributed by atoms with Crippen LogP contribution in [0.4, 0.5) is 13.2 Å². The lowest BCUT2D eigenvalue weighted by atomic mass is 9.88. The Balaban J connectivity index is 2.39. The minimum absolute atomic E-state index is 0.0774. The van der Waals surface area contributed by atoms with Crippen LogP contribution >= 0.6 is 0 Å². The van der Waals surface area contributed by atoms with Crippen molar-refractivity contribution < 1.29 is 13.2 Å². The predicted octanol–water partition coefficient (Wildman–Crippen LogP) is 2.65. The minimum atomic E-state index is -3.99. The first-order valence-electron chi connectivity index (χ1n) is 3.72. The SMILES string of the molecule is FC(F)(F)C1CCC([S-])CC1. The van der Waals surface area contributed by atoms with E-state index in [2.05, 4.69) is 0 Å². The molecule has 0 spiro atoms. The summed E-state index contributed by atoms with van der Waals surface area (Å²) < 4.78 is 36.1. The van der Waals surface area contributed by atoms with E-state index in [1.165, 1.54) is 0 Å². The molecule has 0 saturated heterocycles. The first-order chi connectivity index (χ1) is 5.00. The van der Waals surface area contributed by atoms with Crippen LogP contribution in [-0.4, -0.2) is 11.4 Å². The number of hydrogen-bond acceptors (Lipinski definition) is 1. The molecule has 0 aromatic heterocycles. The Morgan fingerprint density at radius 2 is 1.45 bits per heavy atom. The zero-order valence-electron chi connectivity index (χ0n) is 6.03. The van der Waals surface area contributed by atoms with E-state index in [0.29, 0.717) is 12.8 Å². The van der Waals surface area contributed by atoms with Gasteiger partial charge in [0.15, 0.2) is 0 Å². The molecule has 0 aromatic rings. The number of rotatable bonds is 0. The lowest BCUT2D eigenvalue weighted by Gasteiger charge is -2.33. The summed E-state index contributed by atoms with van der Waals surface area (Å²) >= 11 is 4.90. The third kappa shape index (κ3) is 2.58. The highest BCUT2D eigenvalue weighted by Gasteiger charge is 2.39. The van der Waals surface area contributed by atoms with E-state index in [4.69, 9.17) is 12.6 Å². The van der Waals surface area contributed by atoms with Crippen molar-refractivity contribution in [1.82, 2.24) is 0 Å². The van der Waals surface area contributed by atoms with Crippen LogP contribution in [0.15, 0.2) is 0 Å². The Bertz CT molecular complexity index is 124. The van der Waals surface area contributed by atoms with Crippen LogP contribution in [-0.2, 0) is 12.6 Å². The topological polar surface area (TPSA) is 0 Å². The van der Waals surface area contributed by atoms with Crippen molar-refractivity contribution in [2.75, 3.05) is 0 Å². The summed E-state index contributed by atoms with van der Waals surface area (Å²) in [4.78, 5) is 0. The first kappa shape index (κ1) is 9.23. The molecule has 0 aliphatic heterocycles. The summed E-state index contributed by atoms with van der Waals surface area (Å²) in [6.45, 7) is 0. The van der Waals surface area contributed by atoms with Gasteiger partial charge in [0.1, 0.15) is 0 Å². The average Bonchev–Trinajstić information content (AvgIpc) is 1.86. The summed E-state index contributed by atoms with van der Waals surface area (Å²) in [6, 6.07) is 0. The second-order valence-electron chi connectivity index (χ2n) is 3.02. The standard InChI is InChI=1S/C7H11F3S/c8-7(9,10)5-1-3-6(11)4-2-5/h5-6,11H,1-4H2/p-1. The third-order valence-electron chi connectivity index (χ3n) is 2.14. The molecule has 1 fully saturated rings. The van der Waals surface area contributed by atoms with Crippen LogP contribution in [0.25, 0.3) is 0 Å². The van der Waals surface area contributed by atoms with Gasteiger partial charge in [-0.3, -0.25) is 0 Å². The maximum atomic E-state index is 12.0. The summed E-state index contributed by atoms with van der Waals surface area (Å²) in [5, 5.41) is 0.0774. The van der Waals surface area contributed by atoms with Gasteiger partial charge in [0.25, 0.3) is 0 Å². The molecule has 0 nitrogen and oxygen atoms in total. The zero-order valence-corrected chi connectivity index (χ0v) is 6.84. The molecule has 4 heteroatoms. The number of halogens is 3. The molecule has 0 N–H and O–H groups in total. The van der Waals surface area contributed by atoms with Crippen LogP contribution in [0.2, 0.25) is 0 Å². The monoisotopic (exact) mass is 183 g/mol. The molecule has 1 aliphatic rings. The molecule has 0 atom stereocenters. The molecule has 1 rings (SSSR count). The fourth-order valence-electron chi connectivity index (χ4n) is 1.39. The van der Waals surface area contributed by atoms with Crippen LogP contribution in [0, 0.1) is 5.92 Å². The van der Waals surface area contributed by atoms with Gasteiger partial charge in [0.2, 0.25) is 0 Å². The maximum Gasteiger partial charge on any atom is 0.391 e. The first-order valence-corrected chi connectivity index (χ1v) is 4.20. The molecule has 0 radical (unpaired) electrons. The fourth-order valence-corrected chi connectivity index (χ4v) is 1.66. The van der Waals surface area contributed by atoms with Crippen molar-refractivity contribution in [1.29, 1.82) is 0 Å². The summed E-state index contributed by atoms with van der Waals surface area (Å²) in [5.74, 6) is -1.08. The molecule has 0 heterocycles. The van der Waals surface area contributed by atoms with Gasteiger partial charge >= 0.3 is 6.18 Å². The molecule has 0 unspecified atom stereocenters. The van der Waals surface area contributed by atoms with Gasteiger partial charge in [0.05, 0.1) is 5.92 Å². The van der Waals surface area contributed by atoms with Crippen molar-refractivity contribution in [2.24, 2.45) is 5.92 Å². The number of alkyl halides is 3. The van der Waals surface area contributed by atoms with Crippen molar-refractivity contribution in [2.45, 2.75) is 37.1 Å². The average molecular weight is 183 g/mol. The summed E-state index contributed by atoms with van der Waals surface area (Å²) in [5.41, 5.74) is 0. The summed E-state index contributed by atoms with van der Waals surface area (Å²) in [7, 11) is 0. The molecule has 66 valence electrons. The molecule has 0 amide bonds. The van der Waals surface area contributed by atoms with Crippen LogP contribution in [0.3, 0.4) is 0 Å². The Kier molecular flexibility index (Phi) is 2.73. The lowest BCUT2D eigenvalue weighted by molar-refractivity contribution is -0.181. The molecule has 1 aliphatic carbocycles. The third-order valence-corrected chi connectivity index (χ3v) is 2.61. The highest BCUT2D eigenvalue weighted by atomic mass is 32.1. The largest absolute Gasteiger partial charge is 0.789 e. The molecule has 11 heavy (non-hydrogen) atoms. The highest BCUT2D eigenvalue weighted by molar-refractivity contribution is 7.59. The van der Waals surface area contributed by atoms with E-state index >= 15 is 0 Å². The van der Waals surface area contributed by atoms with Crippen LogP contribution in [0.1, 0.15) is 25.7 Å². The highest BCUT2D eigenvalue weighted by Crippen LogP contribution is 2.37. The van der Waals surface area contributed by atoms with Crippen molar-refractivity contribution in [3.8, 4) is 0 Å². The van der Waals surface area contributed by atoms with Crippen LogP contribution in [0.5, 0.6) is 0 Å². The van der Waals surface area contributed by atoms with Crippen molar-refractivity contribution >= 4 is 12.6 Å². The normalized spacial score (nSPS) is 33.8. The van der Waals surface area contributed by atoms with Gasteiger partial charge in [-0.05, 0) is 12.8 Å². The molecule has 0 aromatic carbocycles. The zero-order chi connectivity index (χ0) is 8.48. The molecular weight excluding hydrogens is 173 g/mol. The van der Waals surface area contributed by atoms with Gasteiger partial charge in [-0.1, -0.05) is 12.8 Å². The van der Waals surface area contributed by atoms with E-state index in [1.807, 2.05) is 0 Å².